The summed E-state index contributed by atoms with van der Waals surface area (Å²) in [5.74, 6) is 1.98. The van der Waals surface area contributed by atoms with Crippen LogP contribution in [0.4, 0.5) is 4.39 Å². The first-order chi connectivity index (χ1) is 10.1. The highest BCUT2D eigenvalue weighted by atomic mass is 19.1. The van der Waals surface area contributed by atoms with Gasteiger partial charge in [0, 0.05) is 19.2 Å². The van der Waals surface area contributed by atoms with Crippen molar-refractivity contribution < 1.29 is 9.13 Å². The second-order valence-corrected chi connectivity index (χ2v) is 4.94. The molecule has 0 radical (unpaired) electrons. The Labute approximate surface area is 124 Å². The quantitative estimate of drug-likeness (QED) is 0.796. The lowest BCUT2D eigenvalue weighted by molar-refractivity contribution is 0.287. The molecule has 0 saturated carbocycles. The van der Waals surface area contributed by atoms with Gasteiger partial charge < -0.3 is 14.6 Å². The van der Waals surface area contributed by atoms with Crippen LogP contribution in [0.25, 0.3) is 0 Å². The first-order valence-corrected chi connectivity index (χ1v) is 7.08. The second-order valence-electron chi connectivity index (χ2n) is 4.94. The van der Waals surface area contributed by atoms with E-state index in [9.17, 15) is 4.39 Å². The molecule has 1 aromatic carbocycles. The summed E-state index contributed by atoms with van der Waals surface area (Å²) in [6, 6.07) is 4.56. The van der Waals surface area contributed by atoms with E-state index in [1.54, 1.807) is 6.07 Å². The van der Waals surface area contributed by atoms with Crippen molar-refractivity contribution in [2.24, 2.45) is 7.05 Å². The van der Waals surface area contributed by atoms with Crippen molar-refractivity contribution in [3.63, 3.8) is 0 Å². The Morgan fingerprint density at radius 2 is 2.14 bits per heavy atom. The molecule has 1 aromatic heterocycles. The van der Waals surface area contributed by atoms with Crippen molar-refractivity contribution in [3.05, 3.63) is 41.2 Å². The van der Waals surface area contributed by atoms with Gasteiger partial charge in [0.15, 0.2) is 5.82 Å². The highest BCUT2D eigenvalue weighted by Gasteiger charge is 2.09. The van der Waals surface area contributed by atoms with Gasteiger partial charge in [0.2, 0.25) is 0 Å². The van der Waals surface area contributed by atoms with Crippen LogP contribution >= 0.6 is 0 Å². The number of nitrogens with one attached hydrogen (secondary N) is 1. The summed E-state index contributed by atoms with van der Waals surface area (Å²) in [6.07, 6.45) is 1.03. The van der Waals surface area contributed by atoms with Gasteiger partial charge in [0.05, 0.1) is 0 Å². The summed E-state index contributed by atoms with van der Waals surface area (Å²) >= 11 is 0. The zero-order valence-electron chi connectivity index (χ0n) is 12.7. The summed E-state index contributed by atoms with van der Waals surface area (Å²) in [5, 5.41) is 11.3. The fourth-order valence-electron chi connectivity index (χ4n) is 1.95. The minimum Gasteiger partial charge on any atom is -0.485 e. The van der Waals surface area contributed by atoms with Crippen LogP contribution in [0.3, 0.4) is 0 Å². The van der Waals surface area contributed by atoms with E-state index in [4.69, 9.17) is 4.74 Å². The van der Waals surface area contributed by atoms with Crippen LogP contribution in [0.5, 0.6) is 5.75 Å². The summed E-state index contributed by atoms with van der Waals surface area (Å²) in [7, 11) is 1.89. The summed E-state index contributed by atoms with van der Waals surface area (Å²) in [5.41, 5.74) is 0.808. The number of nitrogens with zero attached hydrogens (tertiary/aromatic N) is 3. The molecule has 2 rings (SSSR count). The average Bonchev–Trinajstić information content (AvgIpc) is 2.78. The fourth-order valence-corrected chi connectivity index (χ4v) is 1.95. The lowest BCUT2D eigenvalue weighted by Gasteiger charge is -2.12. The maximum absolute atomic E-state index is 13.4. The van der Waals surface area contributed by atoms with Gasteiger partial charge in [0.25, 0.3) is 0 Å². The smallest absolute Gasteiger partial charge is 0.170 e. The number of aromatic nitrogens is 3. The molecule has 114 valence electrons. The lowest BCUT2D eigenvalue weighted by Crippen LogP contribution is -2.15. The van der Waals surface area contributed by atoms with Gasteiger partial charge in [-0.15, -0.1) is 10.2 Å². The summed E-state index contributed by atoms with van der Waals surface area (Å²) in [4.78, 5) is 0. The standard InChI is InChI=1S/C15H21FN4O/c1-4-7-17-9-12-8-13(16)5-6-14(12)21-10-15-19-18-11(2)20(15)3/h5-6,8,17H,4,7,9-10H2,1-3H3. The zero-order chi connectivity index (χ0) is 15.2. The molecule has 1 N–H and O–H groups in total. The Morgan fingerprint density at radius 1 is 1.33 bits per heavy atom. The third-order valence-corrected chi connectivity index (χ3v) is 3.30. The molecule has 0 fully saturated rings. The molecule has 0 spiro atoms. The van der Waals surface area contributed by atoms with Crippen molar-refractivity contribution >= 4 is 0 Å². The molecule has 0 aliphatic carbocycles. The van der Waals surface area contributed by atoms with Crippen molar-refractivity contribution in [2.75, 3.05) is 6.54 Å². The predicted octanol–water partition coefficient (Wildman–Crippen LogP) is 2.34. The predicted molar refractivity (Wildman–Crippen MR) is 78.5 cm³/mol. The number of hydrogen-bond donors (Lipinski definition) is 1. The highest BCUT2D eigenvalue weighted by molar-refractivity contribution is 5.34. The molecule has 6 heteroatoms. The Hall–Kier alpha value is -1.95. The van der Waals surface area contributed by atoms with Crippen molar-refractivity contribution in [2.45, 2.75) is 33.4 Å². The number of aryl methyl sites for hydroxylation is 1. The number of ether oxygens (including phenoxy) is 1. The third kappa shape index (κ3) is 4.01. The zero-order valence-corrected chi connectivity index (χ0v) is 12.7. The summed E-state index contributed by atoms with van der Waals surface area (Å²) in [6.45, 7) is 5.75. The number of rotatable bonds is 7. The summed E-state index contributed by atoms with van der Waals surface area (Å²) < 4.78 is 21.0. The van der Waals surface area contributed by atoms with Gasteiger partial charge in [-0.05, 0) is 38.1 Å². The first kappa shape index (κ1) is 15.4. The molecule has 5 nitrogen and oxygen atoms in total. The van der Waals surface area contributed by atoms with Gasteiger partial charge >= 0.3 is 0 Å². The third-order valence-electron chi connectivity index (χ3n) is 3.30. The molecule has 0 aliphatic heterocycles. The SMILES string of the molecule is CCCNCc1cc(F)ccc1OCc1nnc(C)n1C. The van der Waals surface area contributed by atoms with Crippen molar-refractivity contribution in [1.82, 2.24) is 20.1 Å². The van der Waals surface area contributed by atoms with E-state index < -0.39 is 0 Å². The first-order valence-electron chi connectivity index (χ1n) is 7.08. The van der Waals surface area contributed by atoms with Crippen molar-refractivity contribution in [1.29, 1.82) is 0 Å². The molecule has 0 bridgehead atoms. The minimum atomic E-state index is -0.259. The van der Waals surface area contributed by atoms with Crippen molar-refractivity contribution in [3.8, 4) is 5.75 Å². The molecular formula is C15H21FN4O. The van der Waals surface area contributed by atoms with Crippen LogP contribution in [-0.2, 0) is 20.2 Å². The largest absolute Gasteiger partial charge is 0.485 e. The van der Waals surface area contributed by atoms with E-state index in [1.165, 1.54) is 12.1 Å². The van der Waals surface area contributed by atoms with E-state index in [1.807, 2.05) is 18.5 Å². The number of hydrogen-bond acceptors (Lipinski definition) is 4. The molecule has 1 heterocycles. The number of benzene rings is 1. The molecule has 2 aromatic rings. The average molecular weight is 292 g/mol. The van der Waals surface area contributed by atoms with E-state index in [0.29, 0.717) is 18.9 Å². The van der Waals surface area contributed by atoms with E-state index in [0.717, 1.165) is 30.2 Å². The van der Waals surface area contributed by atoms with E-state index in [2.05, 4.69) is 22.4 Å². The molecule has 0 saturated heterocycles. The minimum absolute atomic E-state index is 0.259. The van der Waals surface area contributed by atoms with E-state index >= 15 is 0 Å². The number of halogens is 1. The van der Waals surface area contributed by atoms with Crippen LogP contribution in [0, 0.1) is 12.7 Å². The fraction of sp³-hybridized carbons (Fsp3) is 0.467. The molecule has 0 unspecified atom stereocenters. The monoisotopic (exact) mass is 292 g/mol. The van der Waals surface area contributed by atoms with Gasteiger partial charge in [-0.25, -0.2) is 4.39 Å². The van der Waals surface area contributed by atoms with Crippen LogP contribution in [-0.4, -0.2) is 21.3 Å². The Kier molecular flexibility index (Phi) is 5.27. The van der Waals surface area contributed by atoms with Crippen LogP contribution in [0.1, 0.15) is 30.6 Å². The highest BCUT2D eigenvalue weighted by Crippen LogP contribution is 2.20. The second kappa shape index (κ2) is 7.17. The topological polar surface area (TPSA) is 52.0 Å². The van der Waals surface area contributed by atoms with Gasteiger partial charge in [-0.1, -0.05) is 6.92 Å². The Balaban J connectivity index is 2.06. The van der Waals surface area contributed by atoms with Gasteiger partial charge in [0.1, 0.15) is 24.0 Å². The molecular weight excluding hydrogens is 271 g/mol. The van der Waals surface area contributed by atoms with Crippen LogP contribution in [0.15, 0.2) is 18.2 Å². The van der Waals surface area contributed by atoms with Crippen LogP contribution in [0.2, 0.25) is 0 Å². The van der Waals surface area contributed by atoms with Crippen LogP contribution < -0.4 is 10.1 Å². The maximum Gasteiger partial charge on any atom is 0.170 e. The Bertz CT molecular complexity index is 597. The Morgan fingerprint density at radius 3 is 2.81 bits per heavy atom. The van der Waals surface area contributed by atoms with Gasteiger partial charge in [-0.3, -0.25) is 0 Å². The normalized spacial score (nSPS) is 10.9. The maximum atomic E-state index is 13.4. The van der Waals surface area contributed by atoms with Gasteiger partial charge in [-0.2, -0.15) is 0 Å². The molecule has 21 heavy (non-hydrogen) atoms. The van der Waals surface area contributed by atoms with E-state index in [-0.39, 0.29) is 5.82 Å². The lowest BCUT2D eigenvalue weighted by atomic mass is 10.2. The molecule has 0 amide bonds. The molecule has 0 aliphatic rings. The molecule has 0 atom stereocenters.